The molecule has 2 heterocycles. The van der Waals surface area contributed by atoms with Gasteiger partial charge in [0.15, 0.2) is 5.82 Å². The molecule has 0 bridgehead atoms. The molecule has 7 nitrogen and oxygen atoms in total. The first-order chi connectivity index (χ1) is 16.1. The maximum absolute atomic E-state index is 15.0. The van der Waals surface area contributed by atoms with Gasteiger partial charge in [0.1, 0.15) is 27.9 Å². The molecule has 11 heteroatoms. The van der Waals surface area contributed by atoms with E-state index in [-0.39, 0.29) is 46.0 Å². The van der Waals surface area contributed by atoms with Gasteiger partial charge < -0.3 is 14.7 Å². The number of benzene rings is 2. The molecule has 0 radical (unpaired) electrons. The number of carboxylic acid groups (broad SMARTS) is 1. The molecular weight excluding hydrogens is 473 g/mol. The number of imide groups is 1. The number of hydrogen-bond acceptors (Lipinski definition) is 6. The van der Waals surface area contributed by atoms with Crippen LogP contribution in [0.1, 0.15) is 31.2 Å². The van der Waals surface area contributed by atoms with E-state index in [1.807, 2.05) is 0 Å². The molecule has 34 heavy (non-hydrogen) atoms. The number of nitrogens with zero attached hydrogens (tertiary/aromatic N) is 2. The van der Waals surface area contributed by atoms with Crippen LogP contribution in [0.15, 0.2) is 35.7 Å². The van der Waals surface area contributed by atoms with E-state index in [0.717, 1.165) is 29.5 Å². The monoisotopic (exact) mass is 490 g/mol. The summed E-state index contributed by atoms with van der Waals surface area (Å²) in [6, 6.07) is 5.53. The molecule has 0 spiro atoms. The van der Waals surface area contributed by atoms with Gasteiger partial charge in [0, 0.05) is 25.2 Å². The van der Waals surface area contributed by atoms with Crippen LogP contribution in [0.4, 0.5) is 24.5 Å². The standard InChI is InChI=1S/C23H17F3N2O5S/c1-27(20-13(24)4-3-5-14(20)25)9-11-6-16(15(26)8-17(11)33-2)28-18(29)7-12-10-34-21(23(31)32)19(12)22(28)30/h3-6,8,10H,7,9H2,1-2H3,(H,31,32). The highest BCUT2D eigenvalue weighted by Crippen LogP contribution is 2.36. The Kier molecular flexibility index (Phi) is 6.05. The van der Waals surface area contributed by atoms with Crippen molar-refractivity contribution in [1.29, 1.82) is 0 Å². The lowest BCUT2D eigenvalue weighted by Crippen LogP contribution is -2.43. The summed E-state index contributed by atoms with van der Waals surface area (Å²) in [5.74, 6) is -5.59. The van der Waals surface area contributed by atoms with Crippen molar-refractivity contribution in [3.63, 3.8) is 0 Å². The normalized spacial score (nSPS) is 13.1. The van der Waals surface area contributed by atoms with Crippen LogP contribution in [0.2, 0.25) is 0 Å². The highest BCUT2D eigenvalue weighted by atomic mass is 32.1. The molecule has 0 saturated carbocycles. The summed E-state index contributed by atoms with van der Waals surface area (Å²) >= 11 is 0.808. The highest BCUT2D eigenvalue weighted by Gasteiger charge is 2.38. The Hall–Kier alpha value is -3.86. The summed E-state index contributed by atoms with van der Waals surface area (Å²) in [5, 5.41) is 10.8. The molecule has 0 fully saturated rings. The summed E-state index contributed by atoms with van der Waals surface area (Å²) in [5.41, 5.74) is -0.410. The van der Waals surface area contributed by atoms with Crippen LogP contribution < -0.4 is 14.5 Å². The zero-order valence-corrected chi connectivity index (χ0v) is 18.7. The molecule has 1 aromatic heterocycles. The summed E-state index contributed by atoms with van der Waals surface area (Å²) in [6.45, 7) is -0.158. The number of rotatable bonds is 6. The SMILES string of the molecule is COc1cc(F)c(N2C(=O)Cc3csc(C(=O)O)c3C2=O)cc1CN(C)c1c(F)cccc1F. The van der Waals surface area contributed by atoms with Crippen LogP contribution in [0, 0.1) is 17.5 Å². The number of anilines is 2. The fourth-order valence-electron chi connectivity index (χ4n) is 3.89. The van der Waals surface area contributed by atoms with Crippen molar-refractivity contribution in [1.82, 2.24) is 0 Å². The van der Waals surface area contributed by atoms with Gasteiger partial charge in [0.25, 0.3) is 5.91 Å². The molecule has 2 aromatic carbocycles. The van der Waals surface area contributed by atoms with Crippen LogP contribution >= 0.6 is 11.3 Å². The van der Waals surface area contributed by atoms with E-state index in [0.29, 0.717) is 4.90 Å². The number of para-hydroxylation sites is 1. The number of methoxy groups -OCH3 is 1. The topological polar surface area (TPSA) is 87.1 Å². The minimum atomic E-state index is -1.33. The minimum Gasteiger partial charge on any atom is -0.496 e. The molecule has 2 amide bonds. The van der Waals surface area contributed by atoms with Crippen molar-refractivity contribution in [3.8, 4) is 5.75 Å². The lowest BCUT2D eigenvalue weighted by Gasteiger charge is -2.28. The number of ether oxygens (including phenoxy) is 1. The highest BCUT2D eigenvalue weighted by molar-refractivity contribution is 7.12. The average Bonchev–Trinajstić information content (AvgIpc) is 3.19. The minimum absolute atomic E-state index is 0.0317. The predicted octanol–water partition coefficient (Wildman–Crippen LogP) is 4.24. The molecule has 1 aliphatic rings. The third-order valence-electron chi connectivity index (χ3n) is 5.39. The number of aromatic carboxylic acids is 1. The summed E-state index contributed by atoms with van der Waals surface area (Å²) in [7, 11) is 2.69. The Labute approximate surface area is 195 Å². The number of halogens is 3. The Morgan fingerprint density at radius 1 is 1.18 bits per heavy atom. The number of amides is 2. The molecule has 0 atom stereocenters. The molecule has 4 rings (SSSR count). The van der Waals surface area contributed by atoms with Crippen molar-refractivity contribution < 1.29 is 37.4 Å². The second-order valence-corrected chi connectivity index (χ2v) is 8.40. The number of carbonyl (C=O) groups is 3. The molecule has 0 saturated heterocycles. The second-order valence-electron chi connectivity index (χ2n) is 7.52. The molecule has 3 aromatic rings. The molecule has 0 aliphatic carbocycles. The van der Waals surface area contributed by atoms with Gasteiger partial charge >= 0.3 is 5.97 Å². The summed E-state index contributed by atoms with van der Waals surface area (Å²) in [4.78, 5) is 39.0. The largest absolute Gasteiger partial charge is 0.496 e. The maximum atomic E-state index is 15.0. The van der Waals surface area contributed by atoms with E-state index < -0.39 is 40.9 Å². The van der Waals surface area contributed by atoms with E-state index in [1.165, 1.54) is 36.6 Å². The zero-order chi connectivity index (χ0) is 24.7. The molecule has 1 N–H and O–H groups in total. The van der Waals surface area contributed by atoms with E-state index in [4.69, 9.17) is 4.74 Å². The summed E-state index contributed by atoms with van der Waals surface area (Å²) < 4.78 is 48.7. The third-order valence-corrected chi connectivity index (χ3v) is 6.40. The van der Waals surface area contributed by atoms with Gasteiger partial charge in [0.2, 0.25) is 5.91 Å². The lowest BCUT2D eigenvalue weighted by atomic mass is 9.99. The van der Waals surface area contributed by atoms with E-state index in [9.17, 15) is 28.3 Å². The van der Waals surface area contributed by atoms with Gasteiger partial charge in [-0.25, -0.2) is 22.9 Å². The Morgan fingerprint density at radius 2 is 1.85 bits per heavy atom. The smallest absolute Gasteiger partial charge is 0.346 e. The van der Waals surface area contributed by atoms with E-state index >= 15 is 4.39 Å². The van der Waals surface area contributed by atoms with Gasteiger partial charge in [-0.2, -0.15) is 0 Å². The van der Waals surface area contributed by atoms with Crippen LogP contribution in [0.5, 0.6) is 5.75 Å². The fraction of sp³-hybridized carbons (Fsp3) is 0.174. The van der Waals surface area contributed by atoms with Gasteiger partial charge in [-0.05, 0) is 29.1 Å². The first-order valence-corrected chi connectivity index (χ1v) is 10.7. The number of fused-ring (bicyclic) bond motifs is 1. The van der Waals surface area contributed by atoms with Crippen molar-refractivity contribution >= 4 is 40.5 Å². The third kappa shape index (κ3) is 3.87. The fourth-order valence-corrected chi connectivity index (χ4v) is 4.78. The van der Waals surface area contributed by atoms with Crippen molar-refractivity contribution in [3.05, 3.63) is 74.7 Å². The Balaban J connectivity index is 1.77. The first-order valence-electron chi connectivity index (χ1n) is 9.86. The van der Waals surface area contributed by atoms with Gasteiger partial charge in [-0.15, -0.1) is 11.3 Å². The number of carbonyl (C=O) groups excluding carboxylic acids is 2. The van der Waals surface area contributed by atoms with E-state index in [1.54, 1.807) is 0 Å². The number of carboxylic acids is 1. The first kappa shape index (κ1) is 23.3. The van der Waals surface area contributed by atoms with Gasteiger partial charge in [-0.1, -0.05) is 6.07 Å². The molecular formula is C23H17F3N2O5S. The van der Waals surface area contributed by atoms with Crippen LogP contribution in [0.3, 0.4) is 0 Å². The van der Waals surface area contributed by atoms with Gasteiger partial charge in [-0.3, -0.25) is 9.59 Å². The van der Waals surface area contributed by atoms with Crippen LogP contribution in [0.25, 0.3) is 0 Å². The number of thiophene rings is 1. The van der Waals surface area contributed by atoms with Crippen LogP contribution in [-0.4, -0.2) is 37.0 Å². The lowest BCUT2D eigenvalue weighted by molar-refractivity contribution is -0.117. The maximum Gasteiger partial charge on any atom is 0.346 e. The molecule has 1 aliphatic heterocycles. The molecule has 0 unspecified atom stereocenters. The quantitative estimate of drug-likeness (QED) is 0.521. The van der Waals surface area contributed by atoms with Gasteiger partial charge in [0.05, 0.1) is 24.8 Å². The Bertz CT molecular complexity index is 1320. The van der Waals surface area contributed by atoms with E-state index in [2.05, 4.69) is 0 Å². The van der Waals surface area contributed by atoms with Crippen molar-refractivity contribution in [2.24, 2.45) is 0 Å². The molecule has 176 valence electrons. The van der Waals surface area contributed by atoms with Crippen molar-refractivity contribution in [2.75, 3.05) is 24.0 Å². The Morgan fingerprint density at radius 3 is 2.47 bits per heavy atom. The van der Waals surface area contributed by atoms with Crippen LogP contribution in [-0.2, 0) is 17.8 Å². The second kappa shape index (κ2) is 8.82. The van der Waals surface area contributed by atoms with Crippen molar-refractivity contribution in [2.45, 2.75) is 13.0 Å². The zero-order valence-electron chi connectivity index (χ0n) is 17.9. The average molecular weight is 490 g/mol. The summed E-state index contributed by atoms with van der Waals surface area (Å²) in [6.07, 6.45) is -0.286. The number of hydrogen-bond donors (Lipinski definition) is 1. The predicted molar refractivity (Wildman–Crippen MR) is 118 cm³/mol.